The van der Waals surface area contributed by atoms with Crippen LogP contribution < -0.4 is 0 Å². The molecule has 0 amide bonds. The first-order valence-electron chi connectivity index (χ1n) is 2.92. The third-order valence-corrected chi connectivity index (χ3v) is 2.04. The molecule has 0 aromatic heterocycles. The standard InChI is InChI=1S/C7H10Br/c1-6-3-2-4-7(8)5-6/h2-3,7H,4-5H2,1H3. The molecule has 1 heteroatoms. The maximum absolute atomic E-state index is 3.56. The number of allylic oxidation sites excluding steroid dienone is 2. The highest BCUT2D eigenvalue weighted by Crippen LogP contribution is 2.22. The Hall–Kier alpha value is 0.220. The number of rotatable bonds is 0. The number of hydrogen-bond acceptors (Lipinski definition) is 0. The van der Waals surface area contributed by atoms with Gasteiger partial charge in [-0.2, -0.15) is 0 Å². The molecule has 1 aliphatic carbocycles. The highest BCUT2D eigenvalue weighted by molar-refractivity contribution is 9.09. The molecule has 0 fully saturated rings. The SMILES string of the molecule is CC1=C[CH]CC(Br)C1. The monoisotopic (exact) mass is 173 g/mol. The van der Waals surface area contributed by atoms with Gasteiger partial charge in [-0.15, -0.1) is 0 Å². The van der Waals surface area contributed by atoms with Crippen molar-refractivity contribution in [2.24, 2.45) is 0 Å². The molecule has 0 spiro atoms. The van der Waals surface area contributed by atoms with E-state index in [0.29, 0.717) is 4.83 Å². The van der Waals surface area contributed by atoms with Crippen LogP contribution in [0.1, 0.15) is 19.8 Å². The van der Waals surface area contributed by atoms with Gasteiger partial charge in [-0.3, -0.25) is 0 Å². The molecular weight excluding hydrogens is 164 g/mol. The van der Waals surface area contributed by atoms with Gasteiger partial charge < -0.3 is 0 Å². The van der Waals surface area contributed by atoms with Crippen LogP contribution in [0.4, 0.5) is 0 Å². The number of halogens is 1. The van der Waals surface area contributed by atoms with E-state index in [-0.39, 0.29) is 0 Å². The second-order valence-electron chi connectivity index (χ2n) is 2.29. The van der Waals surface area contributed by atoms with Crippen molar-refractivity contribution in [2.45, 2.75) is 24.6 Å². The predicted octanol–water partition coefficient (Wildman–Crippen LogP) is 2.69. The minimum atomic E-state index is 0.701. The van der Waals surface area contributed by atoms with Crippen LogP contribution in [-0.4, -0.2) is 4.83 Å². The molecule has 1 rings (SSSR count). The molecule has 1 radical (unpaired) electrons. The lowest BCUT2D eigenvalue weighted by Crippen LogP contribution is -2.02. The Labute approximate surface area is 59.1 Å². The van der Waals surface area contributed by atoms with Crippen LogP contribution >= 0.6 is 15.9 Å². The minimum Gasteiger partial charge on any atom is -0.0887 e. The quantitative estimate of drug-likeness (QED) is 0.495. The van der Waals surface area contributed by atoms with E-state index in [1.807, 2.05) is 0 Å². The van der Waals surface area contributed by atoms with E-state index in [4.69, 9.17) is 0 Å². The predicted molar refractivity (Wildman–Crippen MR) is 40.0 cm³/mol. The van der Waals surface area contributed by atoms with Crippen LogP contribution in [0, 0.1) is 6.42 Å². The Morgan fingerprint density at radius 2 is 2.50 bits per heavy atom. The molecule has 8 heavy (non-hydrogen) atoms. The summed E-state index contributed by atoms with van der Waals surface area (Å²) in [5.74, 6) is 0. The first-order valence-corrected chi connectivity index (χ1v) is 3.83. The molecule has 0 aromatic rings. The summed E-state index contributed by atoms with van der Waals surface area (Å²) in [5.41, 5.74) is 1.48. The first kappa shape index (κ1) is 6.34. The fourth-order valence-corrected chi connectivity index (χ4v) is 1.64. The fourth-order valence-electron chi connectivity index (χ4n) is 0.918. The van der Waals surface area contributed by atoms with Crippen molar-refractivity contribution >= 4 is 15.9 Å². The Morgan fingerprint density at radius 1 is 1.75 bits per heavy atom. The lowest BCUT2D eigenvalue weighted by Gasteiger charge is -2.13. The van der Waals surface area contributed by atoms with Gasteiger partial charge in [-0.25, -0.2) is 0 Å². The van der Waals surface area contributed by atoms with E-state index in [0.717, 1.165) is 0 Å². The second kappa shape index (κ2) is 2.67. The van der Waals surface area contributed by atoms with E-state index < -0.39 is 0 Å². The lowest BCUT2D eigenvalue weighted by atomic mass is 10.0. The highest BCUT2D eigenvalue weighted by atomic mass is 79.9. The maximum atomic E-state index is 3.56. The molecule has 1 aliphatic rings. The molecular formula is C7H10Br. The minimum absolute atomic E-state index is 0.701. The van der Waals surface area contributed by atoms with Gasteiger partial charge in [0.15, 0.2) is 0 Å². The van der Waals surface area contributed by atoms with Crippen molar-refractivity contribution in [1.82, 2.24) is 0 Å². The van der Waals surface area contributed by atoms with Crippen LogP contribution in [0.2, 0.25) is 0 Å². The summed E-state index contributed by atoms with van der Waals surface area (Å²) in [6.45, 7) is 2.17. The normalized spacial score (nSPS) is 29.8. The van der Waals surface area contributed by atoms with E-state index in [2.05, 4.69) is 35.4 Å². The maximum Gasteiger partial charge on any atom is 0.0188 e. The zero-order chi connectivity index (χ0) is 5.98. The van der Waals surface area contributed by atoms with Gasteiger partial charge in [0, 0.05) is 4.83 Å². The number of hydrogen-bond donors (Lipinski definition) is 0. The summed E-state index contributed by atoms with van der Waals surface area (Å²) in [6, 6.07) is 0. The first-order chi connectivity index (χ1) is 3.79. The summed E-state index contributed by atoms with van der Waals surface area (Å²) in [6.07, 6.45) is 6.84. The van der Waals surface area contributed by atoms with Crippen molar-refractivity contribution in [1.29, 1.82) is 0 Å². The van der Waals surface area contributed by atoms with Gasteiger partial charge in [0.25, 0.3) is 0 Å². The van der Waals surface area contributed by atoms with Gasteiger partial charge in [0.2, 0.25) is 0 Å². The topological polar surface area (TPSA) is 0 Å². The Morgan fingerprint density at radius 3 is 2.88 bits per heavy atom. The summed E-state index contributed by atoms with van der Waals surface area (Å²) in [4.78, 5) is 0.701. The van der Waals surface area contributed by atoms with E-state index in [1.54, 1.807) is 0 Å². The lowest BCUT2D eigenvalue weighted by molar-refractivity contribution is 0.812. The summed E-state index contributed by atoms with van der Waals surface area (Å²) in [7, 11) is 0. The molecule has 0 saturated heterocycles. The van der Waals surface area contributed by atoms with E-state index >= 15 is 0 Å². The van der Waals surface area contributed by atoms with Crippen molar-refractivity contribution in [3.63, 3.8) is 0 Å². The van der Waals surface area contributed by atoms with Gasteiger partial charge in [-0.05, 0) is 26.2 Å². The van der Waals surface area contributed by atoms with Gasteiger partial charge in [0.05, 0.1) is 0 Å². The van der Waals surface area contributed by atoms with Gasteiger partial charge in [0.1, 0.15) is 0 Å². The van der Waals surface area contributed by atoms with E-state index in [1.165, 1.54) is 18.4 Å². The van der Waals surface area contributed by atoms with Crippen molar-refractivity contribution in [3.05, 3.63) is 18.1 Å². The molecule has 0 heterocycles. The third-order valence-electron chi connectivity index (χ3n) is 1.34. The summed E-state index contributed by atoms with van der Waals surface area (Å²) in [5, 5.41) is 0. The molecule has 45 valence electrons. The van der Waals surface area contributed by atoms with Crippen molar-refractivity contribution < 1.29 is 0 Å². The molecule has 1 unspecified atom stereocenters. The Kier molecular flexibility index (Phi) is 2.12. The summed E-state index contributed by atoms with van der Waals surface area (Å²) >= 11 is 3.56. The fraction of sp³-hybridized carbons (Fsp3) is 0.571. The molecule has 0 nitrogen and oxygen atoms in total. The molecule has 1 atom stereocenters. The van der Waals surface area contributed by atoms with Crippen LogP contribution in [0.15, 0.2) is 11.6 Å². The Balaban J connectivity index is 2.45. The second-order valence-corrected chi connectivity index (χ2v) is 3.58. The largest absolute Gasteiger partial charge is 0.0887 e. The zero-order valence-electron chi connectivity index (χ0n) is 5.02. The van der Waals surface area contributed by atoms with Gasteiger partial charge in [-0.1, -0.05) is 27.6 Å². The molecule has 0 saturated carbocycles. The van der Waals surface area contributed by atoms with Gasteiger partial charge >= 0.3 is 0 Å². The summed E-state index contributed by atoms with van der Waals surface area (Å²) < 4.78 is 0. The molecule has 0 aliphatic heterocycles. The third kappa shape index (κ3) is 1.62. The van der Waals surface area contributed by atoms with Crippen LogP contribution in [0.25, 0.3) is 0 Å². The molecule has 0 aromatic carbocycles. The van der Waals surface area contributed by atoms with E-state index in [9.17, 15) is 0 Å². The average Bonchev–Trinajstić information content (AvgIpc) is 1.64. The van der Waals surface area contributed by atoms with Crippen LogP contribution in [0.3, 0.4) is 0 Å². The molecule has 0 bridgehead atoms. The average molecular weight is 174 g/mol. The zero-order valence-corrected chi connectivity index (χ0v) is 6.61. The van der Waals surface area contributed by atoms with Crippen molar-refractivity contribution in [3.8, 4) is 0 Å². The Bertz CT molecular complexity index is 105. The smallest absolute Gasteiger partial charge is 0.0188 e. The van der Waals surface area contributed by atoms with Crippen molar-refractivity contribution in [2.75, 3.05) is 0 Å². The highest BCUT2D eigenvalue weighted by Gasteiger charge is 2.07. The number of alkyl halides is 1. The van der Waals surface area contributed by atoms with Crippen LogP contribution in [0.5, 0.6) is 0 Å². The molecule has 0 N–H and O–H groups in total. The van der Waals surface area contributed by atoms with Crippen LogP contribution in [-0.2, 0) is 0 Å².